The number of aryl methyl sites for hydroxylation is 1. The third kappa shape index (κ3) is 5.66. The number of hydrogen-bond donors (Lipinski definition) is 2. The molecule has 8 heteroatoms. The summed E-state index contributed by atoms with van der Waals surface area (Å²) in [6.45, 7) is 3.85. The monoisotopic (exact) mass is 375 g/mol. The van der Waals surface area contributed by atoms with Gasteiger partial charge in [0.1, 0.15) is 0 Å². The van der Waals surface area contributed by atoms with Gasteiger partial charge in [-0.1, -0.05) is 6.92 Å². The Morgan fingerprint density at radius 3 is 2.58 bits per heavy atom. The van der Waals surface area contributed by atoms with E-state index in [1.807, 2.05) is 12.3 Å². The first-order chi connectivity index (χ1) is 12.4. The molecule has 0 aliphatic carbocycles. The lowest BCUT2D eigenvalue weighted by atomic mass is 10.1. The number of benzene rings is 1. The van der Waals surface area contributed by atoms with E-state index in [-0.39, 0.29) is 24.8 Å². The predicted molar refractivity (Wildman–Crippen MR) is 99.1 cm³/mol. The smallest absolute Gasteiger partial charge is 0.337 e. The molecule has 1 aromatic carbocycles. The minimum atomic E-state index is -0.511. The highest BCUT2D eigenvalue weighted by Crippen LogP contribution is 2.17. The first-order valence-corrected chi connectivity index (χ1v) is 8.99. The average Bonchev–Trinajstić information content (AvgIpc) is 3.03. The van der Waals surface area contributed by atoms with Gasteiger partial charge in [-0.05, 0) is 30.7 Å². The molecule has 26 heavy (non-hydrogen) atoms. The van der Waals surface area contributed by atoms with Crippen molar-refractivity contribution in [2.24, 2.45) is 0 Å². The minimum Gasteiger partial charge on any atom is -0.465 e. The summed E-state index contributed by atoms with van der Waals surface area (Å²) in [7, 11) is 1.29. The lowest BCUT2D eigenvalue weighted by molar-refractivity contribution is -0.120. The highest BCUT2D eigenvalue weighted by atomic mass is 32.1. The quantitative estimate of drug-likeness (QED) is 0.725. The number of hydrogen-bond acceptors (Lipinski definition) is 6. The van der Waals surface area contributed by atoms with Crippen LogP contribution in [0.4, 0.5) is 5.69 Å². The topological polar surface area (TPSA) is 97.4 Å². The zero-order valence-corrected chi connectivity index (χ0v) is 15.7. The summed E-state index contributed by atoms with van der Waals surface area (Å²) < 4.78 is 4.74. The summed E-state index contributed by atoms with van der Waals surface area (Å²) in [5.74, 6) is -0.845. The number of esters is 1. The van der Waals surface area contributed by atoms with Gasteiger partial charge in [0, 0.05) is 24.0 Å². The van der Waals surface area contributed by atoms with Gasteiger partial charge in [-0.15, -0.1) is 11.3 Å². The fourth-order valence-corrected chi connectivity index (χ4v) is 2.88. The van der Waals surface area contributed by atoms with Crippen LogP contribution in [0.3, 0.4) is 0 Å². The number of carbonyl (C=O) groups is 3. The number of amides is 2. The Labute approximate surface area is 155 Å². The van der Waals surface area contributed by atoms with Gasteiger partial charge < -0.3 is 15.4 Å². The van der Waals surface area contributed by atoms with Gasteiger partial charge in [-0.25, -0.2) is 9.78 Å². The maximum atomic E-state index is 12.1. The van der Waals surface area contributed by atoms with Crippen LogP contribution in [0.1, 0.15) is 40.0 Å². The predicted octanol–water partition coefficient (Wildman–Crippen LogP) is 2.45. The zero-order valence-electron chi connectivity index (χ0n) is 14.9. The van der Waals surface area contributed by atoms with E-state index >= 15 is 0 Å². The van der Waals surface area contributed by atoms with Gasteiger partial charge in [0.05, 0.1) is 29.8 Å². The molecule has 0 bridgehead atoms. The number of nitrogens with one attached hydrogen (secondary N) is 2. The van der Waals surface area contributed by atoms with Crippen molar-refractivity contribution in [1.29, 1.82) is 0 Å². The van der Waals surface area contributed by atoms with Crippen molar-refractivity contribution in [3.8, 4) is 0 Å². The number of rotatable bonds is 7. The van der Waals surface area contributed by atoms with Gasteiger partial charge in [0.25, 0.3) is 0 Å². The molecule has 0 atom stereocenters. The molecule has 0 radical (unpaired) electrons. The summed E-state index contributed by atoms with van der Waals surface area (Å²) in [4.78, 5) is 39.8. The summed E-state index contributed by atoms with van der Waals surface area (Å²) in [6.07, 6.45) is 0.516. The zero-order chi connectivity index (χ0) is 19.1. The second-order valence-electron chi connectivity index (χ2n) is 5.62. The van der Waals surface area contributed by atoms with E-state index in [1.165, 1.54) is 18.4 Å². The summed E-state index contributed by atoms with van der Waals surface area (Å²) in [5.41, 5.74) is 2.20. The molecule has 2 amide bonds. The van der Waals surface area contributed by atoms with Crippen LogP contribution in [0.25, 0.3) is 0 Å². The largest absolute Gasteiger partial charge is 0.465 e. The second-order valence-corrected chi connectivity index (χ2v) is 6.69. The molecule has 7 nitrogen and oxygen atoms in total. The van der Waals surface area contributed by atoms with Gasteiger partial charge in [0.15, 0.2) is 0 Å². The molecule has 0 fully saturated rings. The number of nitrogens with zero attached hydrogens (tertiary/aromatic N) is 1. The maximum absolute atomic E-state index is 12.1. The molecular weight excluding hydrogens is 354 g/mol. The van der Waals surface area contributed by atoms with Crippen molar-refractivity contribution in [2.75, 3.05) is 12.4 Å². The van der Waals surface area contributed by atoms with Crippen LogP contribution in [0.2, 0.25) is 0 Å². The fraction of sp³-hybridized carbons (Fsp3) is 0.333. The number of methoxy groups -OCH3 is 1. The molecule has 0 aliphatic rings. The normalized spacial score (nSPS) is 10.3. The first kappa shape index (κ1) is 19.6. The summed E-state index contributed by atoms with van der Waals surface area (Å²) >= 11 is 1.50. The SMILES string of the molecule is CCC(=O)Nc1cc(CNC(=O)Cc2csc(C)n2)cc(C(=O)OC)c1. The van der Waals surface area contributed by atoms with Crippen molar-refractivity contribution in [3.63, 3.8) is 0 Å². The lowest BCUT2D eigenvalue weighted by Gasteiger charge is -2.11. The molecule has 1 heterocycles. The lowest BCUT2D eigenvalue weighted by Crippen LogP contribution is -2.25. The van der Waals surface area contributed by atoms with E-state index < -0.39 is 5.97 Å². The number of anilines is 1. The summed E-state index contributed by atoms with van der Waals surface area (Å²) in [5, 5.41) is 8.27. The maximum Gasteiger partial charge on any atom is 0.337 e. The second kappa shape index (κ2) is 9.10. The van der Waals surface area contributed by atoms with Crippen LogP contribution in [-0.4, -0.2) is 29.9 Å². The molecule has 1 aromatic heterocycles. The molecule has 0 saturated carbocycles. The van der Waals surface area contributed by atoms with Crippen molar-refractivity contribution in [3.05, 3.63) is 45.4 Å². The van der Waals surface area contributed by atoms with Gasteiger partial charge in [0.2, 0.25) is 11.8 Å². The van der Waals surface area contributed by atoms with E-state index in [9.17, 15) is 14.4 Å². The fourth-order valence-electron chi connectivity index (χ4n) is 2.27. The average molecular weight is 375 g/mol. The van der Waals surface area contributed by atoms with Crippen LogP contribution in [0.5, 0.6) is 0 Å². The van der Waals surface area contributed by atoms with Crippen LogP contribution in [0, 0.1) is 6.92 Å². The Kier molecular flexibility index (Phi) is 6.85. The highest BCUT2D eigenvalue weighted by molar-refractivity contribution is 7.09. The van der Waals surface area contributed by atoms with Crippen molar-refractivity contribution < 1.29 is 19.1 Å². The van der Waals surface area contributed by atoms with Crippen molar-refractivity contribution >= 4 is 34.8 Å². The number of carbonyl (C=O) groups excluding carboxylic acids is 3. The van der Waals surface area contributed by atoms with Gasteiger partial charge >= 0.3 is 5.97 Å². The van der Waals surface area contributed by atoms with Crippen LogP contribution in [0.15, 0.2) is 23.6 Å². The standard InChI is InChI=1S/C18H21N3O4S/c1-4-16(22)21-14-6-12(5-13(7-14)18(24)25-3)9-19-17(23)8-15-10-26-11(2)20-15/h5-7,10H,4,8-9H2,1-3H3,(H,19,23)(H,21,22). The van der Waals surface area contributed by atoms with E-state index in [0.717, 1.165) is 10.7 Å². The molecule has 0 saturated heterocycles. The Morgan fingerprint density at radius 1 is 1.19 bits per heavy atom. The van der Waals surface area contributed by atoms with Crippen molar-refractivity contribution in [1.82, 2.24) is 10.3 Å². The summed E-state index contributed by atoms with van der Waals surface area (Å²) in [6, 6.07) is 4.89. The Balaban J connectivity index is 2.08. The number of ether oxygens (including phenoxy) is 1. The highest BCUT2D eigenvalue weighted by Gasteiger charge is 2.12. The van der Waals surface area contributed by atoms with Crippen molar-refractivity contribution in [2.45, 2.75) is 33.2 Å². The molecule has 0 unspecified atom stereocenters. The Morgan fingerprint density at radius 2 is 1.96 bits per heavy atom. The molecule has 2 aromatic rings. The molecule has 2 N–H and O–H groups in total. The molecule has 0 aliphatic heterocycles. The van der Waals surface area contributed by atoms with E-state index in [1.54, 1.807) is 25.1 Å². The Bertz CT molecular complexity index is 817. The van der Waals surface area contributed by atoms with Gasteiger partial charge in [-0.2, -0.15) is 0 Å². The third-order valence-electron chi connectivity index (χ3n) is 3.52. The molecule has 2 rings (SSSR count). The van der Waals surface area contributed by atoms with E-state index in [4.69, 9.17) is 4.74 Å². The van der Waals surface area contributed by atoms with E-state index in [2.05, 4.69) is 15.6 Å². The Hall–Kier alpha value is -2.74. The minimum absolute atomic E-state index is 0.166. The van der Waals surface area contributed by atoms with E-state index in [0.29, 0.717) is 23.2 Å². The van der Waals surface area contributed by atoms with Crippen LogP contribution >= 0.6 is 11.3 Å². The number of thiazole rings is 1. The molecular formula is C18H21N3O4S. The molecule has 138 valence electrons. The first-order valence-electron chi connectivity index (χ1n) is 8.11. The third-order valence-corrected chi connectivity index (χ3v) is 4.34. The van der Waals surface area contributed by atoms with Crippen LogP contribution in [-0.2, 0) is 27.3 Å². The van der Waals surface area contributed by atoms with Crippen LogP contribution < -0.4 is 10.6 Å². The molecule has 0 spiro atoms. The van der Waals surface area contributed by atoms with Gasteiger partial charge in [-0.3, -0.25) is 9.59 Å². The number of aromatic nitrogens is 1.